The van der Waals surface area contributed by atoms with Crippen LogP contribution in [-0.2, 0) is 19.7 Å². The molecule has 12 heteroatoms. The molecular formula is C30H28N2O8S2. The molecule has 0 fully saturated rings. The van der Waals surface area contributed by atoms with E-state index in [0.717, 1.165) is 23.6 Å². The van der Waals surface area contributed by atoms with Gasteiger partial charge in [0.1, 0.15) is 11.5 Å². The van der Waals surface area contributed by atoms with E-state index in [0.29, 0.717) is 22.9 Å². The van der Waals surface area contributed by atoms with Crippen molar-refractivity contribution < 1.29 is 35.9 Å². The molecule has 0 atom stereocenters. The minimum absolute atomic E-state index is 0.116. The summed E-state index contributed by atoms with van der Waals surface area (Å²) >= 11 is 0. The molecule has 4 aromatic rings. The van der Waals surface area contributed by atoms with Gasteiger partial charge in [0.05, 0.1) is 35.4 Å². The zero-order valence-corrected chi connectivity index (χ0v) is 24.8. The molecule has 2 amide bonds. The van der Waals surface area contributed by atoms with Gasteiger partial charge in [0.2, 0.25) is 0 Å². The predicted octanol–water partition coefficient (Wildman–Crippen LogP) is 4.68. The lowest BCUT2D eigenvalue weighted by Crippen LogP contribution is -2.13. The molecule has 10 nitrogen and oxygen atoms in total. The molecule has 0 aliphatic heterocycles. The summed E-state index contributed by atoms with van der Waals surface area (Å²) in [5.74, 6) is -0.0902. The Bertz CT molecular complexity index is 1730. The summed E-state index contributed by atoms with van der Waals surface area (Å²) in [5, 5.41) is 5.55. The van der Waals surface area contributed by atoms with Crippen LogP contribution < -0.4 is 20.1 Å². The number of nitrogens with one attached hydrogen (secondary N) is 2. The molecule has 0 saturated heterocycles. The Balaban J connectivity index is 1.52. The number of methoxy groups -OCH3 is 2. The van der Waals surface area contributed by atoms with E-state index >= 15 is 0 Å². The first kappa shape index (κ1) is 30.3. The fourth-order valence-electron chi connectivity index (χ4n) is 4.04. The van der Waals surface area contributed by atoms with Crippen LogP contribution in [0.4, 0.5) is 11.4 Å². The molecule has 0 aliphatic rings. The van der Waals surface area contributed by atoms with Gasteiger partial charge in [-0.25, -0.2) is 16.8 Å². The van der Waals surface area contributed by atoms with Gasteiger partial charge in [0.25, 0.3) is 11.8 Å². The first-order valence-corrected chi connectivity index (χ1v) is 16.2. The maximum absolute atomic E-state index is 12.8. The Labute approximate surface area is 244 Å². The fourth-order valence-corrected chi connectivity index (χ4v) is 5.31. The van der Waals surface area contributed by atoms with Gasteiger partial charge in [0.15, 0.2) is 19.7 Å². The van der Waals surface area contributed by atoms with Crippen molar-refractivity contribution in [2.24, 2.45) is 0 Å². The molecular weight excluding hydrogens is 580 g/mol. The number of anilines is 2. The van der Waals surface area contributed by atoms with E-state index in [-0.39, 0.29) is 20.9 Å². The van der Waals surface area contributed by atoms with E-state index in [2.05, 4.69) is 10.6 Å². The van der Waals surface area contributed by atoms with Crippen molar-refractivity contribution in [3.8, 4) is 22.6 Å². The van der Waals surface area contributed by atoms with Gasteiger partial charge in [-0.2, -0.15) is 0 Å². The van der Waals surface area contributed by atoms with Crippen LogP contribution in [0.3, 0.4) is 0 Å². The van der Waals surface area contributed by atoms with E-state index < -0.39 is 31.5 Å². The molecule has 0 heterocycles. The van der Waals surface area contributed by atoms with Crippen LogP contribution in [0.15, 0.2) is 94.7 Å². The van der Waals surface area contributed by atoms with Crippen molar-refractivity contribution in [1.29, 1.82) is 0 Å². The largest absolute Gasteiger partial charge is 0.495 e. The monoisotopic (exact) mass is 608 g/mol. The van der Waals surface area contributed by atoms with Crippen LogP contribution >= 0.6 is 0 Å². The molecule has 0 aliphatic carbocycles. The van der Waals surface area contributed by atoms with Crippen LogP contribution in [0.2, 0.25) is 0 Å². The van der Waals surface area contributed by atoms with Crippen LogP contribution in [-0.4, -0.2) is 55.4 Å². The van der Waals surface area contributed by atoms with Gasteiger partial charge in [-0.1, -0.05) is 12.1 Å². The lowest BCUT2D eigenvalue weighted by atomic mass is 10.0. The average molecular weight is 609 g/mol. The third-order valence-corrected chi connectivity index (χ3v) is 8.58. The molecule has 2 N–H and O–H groups in total. The van der Waals surface area contributed by atoms with Crippen LogP contribution in [0.25, 0.3) is 11.1 Å². The summed E-state index contributed by atoms with van der Waals surface area (Å²) in [6.07, 6.45) is 2.19. The number of carbonyl (C=O) groups excluding carboxylic acids is 2. The third-order valence-electron chi connectivity index (χ3n) is 6.32. The van der Waals surface area contributed by atoms with Crippen LogP contribution in [0.1, 0.15) is 20.7 Å². The van der Waals surface area contributed by atoms with Gasteiger partial charge in [-0.05, 0) is 83.9 Å². The highest BCUT2D eigenvalue weighted by Gasteiger charge is 2.16. The number of sulfone groups is 2. The van der Waals surface area contributed by atoms with E-state index in [1.165, 1.54) is 62.8 Å². The molecule has 4 aromatic carbocycles. The fraction of sp³-hybridized carbons (Fsp3) is 0.133. The van der Waals surface area contributed by atoms with Crippen LogP contribution in [0, 0.1) is 0 Å². The van der Waals surface area contributed by atoms with Crippen molar-refractivity contribution >= 4 is 42.9 Å². The minimum atomic E-state index is -3.38. The lowest BCUT2D eigenvalue weighted by molar-refractivity contribution is 0.101. The van der Waals surface area contributed by atoms with Gasteiger partial charge in [0, 0.05) is 23.6 Å². The highest BCUT2D eigenvalue weighted by molar-refractivity contribution is 7.91. The van der Waals surface area contributed by atoms with Crippen molar-refractivity contribution in [3.05, 3.63) is 96.1 Å². The first-order chi connectivity index (χ1) is 19.8. The molecule has 0 bridgehead atoms. The van der Waals surface area contributed by atoms with Crippen LogP contribution in [0.5, 0.6) is 11.5 Å². The molecule has 4 rings (SSSR count). The Morgan fingerprint density at radius 3 is 1.17 bits per heavy atom. The predicted molar refractivity (Wildman–Crippen MR) is 160 cm³/mol. The summed E-state index contributed by atoms with van der Waals surface area (Å²) in [5.41, 5.74) is 2.88. The normalized spacial score (nSPS) is 11.4. The summed E-state index contributed by atoms with van der Waals surface area (Å²) in [6, 6.07) is 21.6. The molecule has 0 saturated carbocycles. The summed E-state index contributed by atoms with van der Waals surface area (Å²) < 4.78 is 57.7. The van der Waals surface area contributed by atoms with E-state index in [9.17, 15) is 26.4 Å². The SMILES string of the molecule is COc1cc(-c2ccc(NC(=O)c3ccc(S(C)(=O)=O)cc3)c(OC)c2)ccc1NC(=O)c1ccc(S(C)(=O)=O)cc1. The van der Waals surface area contributed by atoms with Gasteiger partial charge in [-0.3, -0.25) is 9.59 Å². The van der Waals surface area contributed by atoms with Crippen molar-refractivity contribution in [1.82, 2.24) is 0 Å². The number of ether oxygens (including phenoxy) is 2. The maximum atomic E-state index is 12.8. The molecule has 0 radical (unpaired) electrons. The highest BCUT2D eigenvalue weighted by Crippen LogP contribution is 2.35. The second-order valence-corrected chi connectivity index (χ2v) is 13.4. The smallest absolute Gasteiger partial charge is 0.255 e. The Kier molecular flexibility index (Phi) is 8.69. The zero-order chi connectivity index (χ0) is 30.7. The molecule has 0 aromatic heterocycles. The van der Waals surface area contributed by atoms with Crippen molar-refractivity contribution in [3.63, 3.8) is 0 Å². The van der Waals surface area contributed by atoms with Crippen molar-refractivity contribution in [2.75, 3.05) is 37.4 Å². The van der Waals surface area contributed by atoms with Gasteiger partial charge in [-0.15, -0.1) is 0 Å². The summed E-state index contributed by atoms with van der Waals surface area (Å²) in [4.78, 5) is 25.8. The number of carbonyl (C=O) groups is 2. The molecule has 0 unspecified atom stereocenters. The number of rotatable bonds is 9. The second-order valence-electron chi connectivity index (χ2n) is 9.33. The molecule has 42 heavy (non-hydrogen) atoms. The highest BCUT2D eigenvalue weighted by atomic mass is 32.2. The number of amides is 2. The quantitative estimate of drug-likeness (QED) is 0.279. The number of benzene rings is 4. The van der Waals surface area contributed by atoms with Crippen molar-refractivity contribution in [2.45, 2.75) is 9.79 Å². The zero-order valence-electron chi connectivity index (χ0n) is 23.2. The van der Waals surface area contributed by atoms with Gasteiger partial charge < -0.3 is 20.1 Å². The Morgan fingerprint density at radius 1 is 0.548 bits per heavy atom. The molecule has 218 valence electrons. The van der Waals surface area contributed by atoms with E-state index in [4.69, 9.17) is 9.47 Å². The third kappa shape index (κ3) is 6.96. The summed E-state index contributed by atoms with van der Waals surface area (Å²) in [7, 11) is -3.82. The topological polar surface area (TPSA) is 145 Å². The Morgan fingerprint density at radius 2 is 0.881 bits per heavy atom. The second kappa shape index (κ2) is 12.0. The summed E-state index contributed by atoms with van der Waals surface area (Å²) in [6.45, 7) is 0. The number of hydrogen-bond acceptors (Lipinski definition) is 8. The van der Waals surface area contributed by atoms with E-state index in [1.807, 2.05) is 0 Å². The lowest BCUT2D eigenvalue weighted by Gasteiger charge is -2.15. The standard InChI is InChI=1S/C30H28N2O8S2/c1-39-27-17-21(9-15-25(27)31-29(33)19-5-11-23(12-6-19)41(3,35)36)22-10-16-26(28(18-22)40-2)32-30(34)20-7-13-24(14-8-20)42(4,37)38/h5-18H,1-4H3,(H,31,33)(H,32,34). The minimum Gasteiger partial charge on any atom is -0.495 e. The first-order valence-electron chi connectivity index (χ1n) is 12.4. The average Bonchev–Trinajstić information content (AvgIpc) is 2.96. The molecule has 0 spiro atoms. The Hall–Kier alpha value is -4.68. The van der Waals surface area contributed by atoms with E-state index in [1.54, 1.807) is 36.4 Å². The maximum Gasteiger partial charge on any atom is 0.255 e. The number of hydrogen-bond donors (Lipinski definition) is 2. The van der Waals surface area contributed by atoms with Gasteiger partial charge >= 0.3 is 0 Å².